The molecule has 2 aromatic rings. The first kappa shape index (κ1) is 22.9. The number of carbonyl (C=O) groups is 1. The Morgan fingerprint density at radius 2 is 1.41 bits per heavy atom. The van der Waals surface area contributed by atoms with Crippen molar-refractivity contribution in [3.63, 3.8) is 0 Å². The number of aryl methyl sites for hydroxylation is 2. The molecule has 0 spiro atoms. The number of amides is 1. The highest BCUT2D eigenvalue weighted by molar-refractivity contribution is 7.96. The van der Waals surface area contributed by atoms with E-state index in [1.165, 1.54) is 12.5 Å². The molecule has 0 bridgehead atoms. The van der Waals surface area contributed by atoms with Gasteiger partial charge in [-0.25, -0.2) is 8.42 Å². The molecular weight excluding hydrogens is 382 g/mol. The molecule has 0 unspecified atom stereocenters. The Balaban J connectivity index is 2.27. The van der Waals surface area contributed by atoms with Crippen molar-refractivity contribution in [2.45, 2.75) is 57.8 Å². The Kier molecular flexibility index (Phi) is 8.65. The zero-order valence-electron chi connectivity index (χ0n) is 17.6. The number of unbranched alkanes of at least 4 members (excludes halogenated alkanes) is 4. The number of rotatable bonds is 10. The SMILES string of the molecule is CCCCCCCNC(=O)/C(=C\c1ccc(C)cc1)S(=O)(=O)c1ccc(C)cc1. The van der Waals surface area contributed by atoms with Crippen LogP contribution in [0.1, 0.15) is 55.7 Å². The maximum atomic E-state index is 13.2. The monoisotopic (exact) mass is 413 g/mol. The van der Waals surface area contributed by atoms with E-state index in [2.05, 4.69) is 12.2 Å². The highest BCUT2D eigenvalue weighted by Crippen LogP contribution is 2.23. The van der Waals surface area contributed by atoms with Gasteiger partial charge in [0.15, 0.2) is 0 Å². The normalized spacial score (nSPS) is 12.0. The Bertz CT molecular complexity index is 927. The molecule has 0 aliphatic rings. The van der Waals surface area contributed by atoms with Gasteiger partial charge in [0.2, 0.25) is 9.84 Å². The van der Waals surface area contributed by atoms with Gasteiger partial charge in [-0.3, -0.25) is 4.79 Å². The standard InChI is InChI=1S/C24H31NO3S/c1-4-5-6-7-8-17-25-24(26)23(18-21-13-9-19(2)10-14-21)29(27,28)22-15-11-20(3)12-16-22/h9-16,18H,4-8,17H2,1-3H3,(H,25,26)/b23-18+. The fourth-order valence-electron chi connectivity index (χ4n) is 2.94. The molecule has 0 aliphatic heterocycles. The second kappa shape index (κ2) is 11.0. The van der Waals surface area contributed by atoms with Crippen LogP contribution in [0.3, 0.4) is 0 Å². The molecule has 0 fully saturated rings. The van der Waals surface area contributed by atoms with E-state index in [4.69, 9.17) is 0 Å². The highest BCUT2D eigenvalue weighted by atomic mass is 32.2. The van der Waals surface area contributed by atoms with Crippen molar-refractivity contribution in [1.82, 2.24) is 5.32 Å². The third-order valence-electron chi connectivity index (χ3n) is 4.79. The van der Waals surface area contributed by atoms with E-state index in [1.807, 2.05) is 38.1 Å². The van der Waals surface area contributed by atoms with Crippen molar-refractivity contribution in [1.29, 1.82) is 0 Å². The molecule has 5 heteroatoms. The first-order valence-corrected chi connectivity index (χ1v) is 11.7. The van der Waals surface area contributed by atoms with Gasteiger partial charge in [-0.2, -0.15) is 0 Å². The lowest BCUT2D eigenvalue weighted by atomic mass is 10.1. The maximum absolute atomic E-state index is 13.2. The first-order valence-electron chi connectivity index (χ1n) is 10.2. The topological polar surface area (TPSA) is 63.2 Å². The summed E-state index contributed by atoms with van der Waals surface area (Å²) in [6.07, 6.45) is 6.78. The summed E-state index contributed by atoms with van der Waals surface area (Å²) in [4.78, 5) is 12.7. The van der Waals surface area contributed by atoms with Gasteiger partial charge in [0, 0.05) is 6.54 Å². The lowest BCUT2D eigenvalue weighted by Gasteiger charge is -2.11. The van der Waals surface area contributed by atoms with Gasteiger partial charge in [-0.05, 0) is 44.0 Å². The highest BCUT2D eigenvalue weighted by Gasteiger charge is 2.26. The van der Waals surface area contributed by atoms with E-state index in [9.17, 15) is 13.2 Å². The van der Waals surface area contributed by atoms with Gasteiger partial charge in [-0.1, -0.05) is 80.1 Å². The average Bonchev–Trinajstić information content (AvgIpc) is 2.70. The number of nitrogens with one attached hydrogen (secondary N) is 1. The zero-order chi connectivity index (χ0) is 21.3. The molecule has 0 aromatic heterocycles. The Labute approximate surface area is 175 Å². The predicted molar refractivity (Wildman–Crippen MR) is 119 cm³/mol. The third-order valence-corrected chi connectivity index (χ3v) is 6.56. The molecular formula is C24H31NO3S. The smallest absolute Gasteiger partial charge is 0.263 e. The van der Waals surface area contributed by atoms with E-state index < -0.39 is 15.7 Å². The van der Waals surface area contributed by atoms with Crippen LogP contribution in [0, 0.1) is 13.8 Å². The summed E-state index contributed by atoms with van der Waals surface area (Å²) in [6.45, 7) is 6.48. The van der Waals surface area contributed by atoms with Crippen molar-refractivity contribution in [3.05, 3.63) is 70.1 Å². The Hall–Kier alpha value is -2.40. The summed E-state index contributed by atoms with van der Waals surface area (Å²) in [5, 5.41) is 2.79. The summed E-state index contributed by atoms with van der Waals surface area (Å²) >= 11 is 0. The molecule has 156 valence electrons. The van der Waals surface area contributed by atoms with Gasteiger partial charge >= 0.3 is 0 Å². The second-order valence-corrected chi connectivity index (χ2v) is 9.32. The van der Waals surface area contributed by atoms with Crippen LogP contribution >= 0.6 is 0 Å². The summed E-state index contributed by atoms with van der Waals surface area (Å²) < 4.78 is 26.4. The average molecular weight is 414 g/mol. The summed E-state index contributed by atoms with van der Waals surface area (Å²) in [6, 6.07) is 14.0. The molecule has 2 aromatic carbocycles. The lowest BCUT2D eigenvalue weighted by Crippen LogP contribution is -2.29. The van der Waals surface area contributed by atoms with Crippen molar-refractivity contribution in [3.8, 4) is 0 Å². The van der Waals surface area contributed by atoms with Gasteiger partial charge in [0.25, 0.3) is 5.91 Å². The fourth-order valence-corrected chi connectivity index (χ4v) is 4.30. The van der Waals surface area contributed by atoms with Gasteiger partial charge < -0.3 is 5.32 Å². The Morgan fingerprint density at radius 1 is 0.862 bits per heavy atom. The van der Waals surface area contributed by atoms with Crippen LogP contribution in [-0.4, -0.2) is 20.9 Å². The van der Waals surface area contributed by atoms with Crippen molar-refractivity contribution in [2.75, 3.05) is 6.54 Å². The minimum atomic E-state index is -3.93. The van der Waals surface area contributed by atoms with Crippen LogP contribution in [0.5, 0.6) is 0 Å². The molecule has 0 saturated heterocycles. The van der Waals surface area contributed by atoms with Crippen LogP contribution in [-0.2, 0) is 14.6 Å². The molecule has 1 N–H and O–H groups in total. The van der Waals surface area contributed by atoms with E-state index in [-0.39, 0.29) is 9.80 Å². The van der Waals surface area contributed by atoms with Crippen LogP contribution in [0.2, 0.25) is 0 Å². The maximum Gasteiger partial charge on any atom is 0.263 e. The van der Waals surface area contributed by atoms with Crippen molar-refractivity contribution in [2.24, 2.45) is 0 Å². The lowest BCUT2D eigenvalue weighted by molar-refractivity contribution is -0.116. The molecule has 29 heavy (non-hydrogen) atoms. The van der Waals surface area contributed by atoms with Crippen molar-refractivity contribution >= 4 is 21.8 Å². The number of hydrogen-bond acceptors (Lipinski definition) is 3. The van der Waals surface area contributed by atoms with Crippen LogP contribution in [0.15, 0.2) is 58.3 Å². The van der Waals surface area contributed by atoms with Crippen LogP contribution in [0.4, 0.5) is 0 Å². The van der Waals surface area contributed by atoms with Crippen LogP contribution < -0.4 is 5.32 Å². The van der Waals surface area contributed by atoms with Gasteiger partial charge in [0.05, 0.1) is 4.90 Å². The number of benzene rings is 2. The predicted octanol–water partition coefficient (Wildman–Crippen LogP) is 5.20. The molecule has 0 radical (unpaired) electrons. The zero-order valence-corrected chi connectivity index (χ0v) is 18.4. The summed E-state index contributed by atoms with van der Waals surface area (Å²) in [5.74, 6) is -0.554. The van der Waals surface area contributed by atoms with E-state index >= 15 is 0 Å². The molecule has 1 amide bonds. The van der Waals surface area contributed by atoms with E-state index in [0.29, 0.717) is 12.1 Å². The number of hydrogen-bond donors (Lipinski definition) is 1. The van der Waals surface area contributed by atoms with Crippen LogP contribution in [0.25, 0.3) is 6.08 Å². The van der Waals surface area contributed by atoms with Gasteiger partial charge in [-0.15, -0.1) is 0 Å². The molecule has 0 atom stereocenters. The number of carbonyl (C=O) groups excluding carboxylic acids is 1. The molecule has 0 saturated carbocycles. The largest absolute Gasteiger partial charge is 0.351 e. The fraction of sp³-hybridized carbons (Fsp3) is 0.375. The van der Waals surface area contributed by atoms with Crippen molar-refractivity contribution < 1.29 is 13.2 Å². The second-order valence-electron chi connectivity index (χ2n) is 7.41. The van der Waals surface area contributed by atoms with Gasteiger partial charge in [0.1, 0.15) is 4.91 Å². The molecule has 2 rings (SSSR count). The van der Waals surface area contributed by atoms with E-state index in [0.717, 1.165) is 36.8 Å². The Morgan fingerprint density at radius 3 is 2.00 bits per heavy atom. The minimum Gasteiger partial charge on any atom is -0.351 e. The molecule has 0 aliphatic carbocycles. The molecule has 0 heterocycles. The number of sulfone groups is 1. The summed E-state index contributed by atoms with van der Waals surface area (Å²) in [7, 11) is -3.93. The van der Waals surface area contributed by atoms with E-state index in [1.54, 1.807) is 24.3 Å². The first-order chi connectivity index (χ1) is 13.8. The minimum absolute atomic E-state index is 0.125. The summed E-state index contributed by atoms with van der Waals surface area (Å²) in [5.41, 5.74) is 2.71. The molecule has 4 nitrogen and oxygen atoms in total. The quantitative estimate of drug-likeness (QED) is 0.430. The third kappa shape index (κ3) is 6.86.